The fourth-order valence-corrected chi connectivity index (χ4v) is 4.03. The molecule has 33 heavy (non-hydrogen) atoms. The number of rotatable bonds is 9. The van der Waals surface area contributed by atoms with E-state index in [1.165, 1.54) is 21.0 Å². The summed E-state index contributed by atoms with van der Waals surface area (Å²) in [4.78, 5) is 29.0. The number of nitrogens with two attached hydrogens (primary N) is 2. The van der Waals surface area contributed by atoms with Crippen LogP contribution in [0.4, 0.5) is 5.69 Å². The quantitative estimate of drug-likeness (QED) is 0.383. The Balaban J connectivity index is 2.06. The van der Waals surface area contributed by atoms with Crippen LogP contribution in [0.5, 0.6) is 0 Å². The first-order valence-electron chi connectivity index (χ1n) is 10.9. The molecule has 3 unspecified atom stereocenters. The van der Waals surface area contributed by atoms with E-state index in [1.807, 2.05) is 44.2 Å². The van der Waals surface area contributed by atoms with E-state index in [0.29, 0.717) is 18.7 Å². The van der Waals surface area contributed by atoms with Gasteiger partial charge in [-0.05, 0) is 24.5 Å². The number of nitrogens with zero attached hydrogens (tertiary/aromatic N) is 4. The summed E-state index contributed by atoms with van der Waals surface area (Å²) in [5.41, 5.74) is 8.10. The zero-order valence-electron chi connectivity index (χ0n) is 19.9. The predicted molar refractivity (Wildman–Crippen MR) is 129 cm³/mol. The Hall–Kier alpha value is -3.51. The van der Waals surface area contributed by atoms with Crippen molar-refractivity contribution in [3.8, 4) is 6.07 Å². The molecule has 5 N–H and O–H groups in total. The lowest BCUT2D eigenvalue weighted by atomic mass is 9.91. The minimum Gasteiger partial charge on any atom is -0.400 e. The topological polar surface area (TPSA) is 132 Å². The third kappa shape index (κ3) is 6.73. The molecule has 1 heterocycles. The number of hydrazine groups is 1. The van der Waals surface area contributed by atoms with Crippen LogP contribution in [-0.4, -0.2) is 59.8 Å². The van der Waals surface area contributed by atoms with Gasteiger partial charge in [0.1, 0.15) is 6.04 Å². The van der Waals surface area contributed by atoms with Gasteiger partial charge in [0.05, 0.1) is 18.5 Å². The number of likely N-dealkylation sites (tertiary alicyclic amines) is 1. The van der Waals surface area contributed by atoms with Gasteiger partial charge in [-0.25, -0.2) is 5.84 Å². The van der Waals surface area contributed by atoms with Crippen molar-refractivity contribution in [1.29, 1.82) is 5.26 Å². The molecule has 9 nitrogen and oxygen atoms in total. The van der Waals surface area contributed by atoms with Crippen LogP contribution < -0.4 is 16.9 Å². The lowest BCUT2D eigenvalue weighted by Gasteiger charge is -2.29. The van der Waals surface area contributed by atoms with Crippen molar-refractivity contribution in [2.75, 3.05) is 32.5 Å². The van der Waals surface area contributed by atoms with Crippen LogP contribution in [0.2, 0.25) is 0 Å². The number of para-hydroxylation sites is 1. The first kappa shape index (κ1) is 25.7. The molecular formula is C24H35N7O2. The molecule has 1 fully saturated rings. The molecule has 3 atom stereocenters. The van der Waals surface area contributed by atoms with E-state index in [0.717, 1.165) is 11.4 Å². The normalized spacial score (nSPS) is 19.1. The molecule has 1 aromatic rings. The van der Waals surface area contributed by atoms with Crippen molar-refractivity contribution >= 4 is 17.5 Å². The Morgan fingerprint density at radius 2 is 1.97 bits per heavy atom. The van der Waals surface area contributed by atoms with Gasteiger partial charge in [0, 0.05) is 49.8 Å². The number of benzene rings is 1. The van der Waals surface area contributed by atoms with Crippen LogP contribution in [0.3, 0.4) is 0 Å². The summed E-state index contributed by atoms with van der Waals surface area (Å²) < 4.78 is 0. The van der Waals surface area contributed by atoms with E-state index in [9.17, 15) is 14.9 Å². The predicted octanol–water partition coefficient (Wildman–Crippen LogP) is 1.69. The Morgan fingerprint density at radius 1 is 1.33 bits per heavy atom. The number of anilines is 1. The van der Waals surface area contributed by atoms with Crippen LogP contribution in [0.25, 0.3) is 0 Å². The fourth-order valence-electron chi connectivity index (χ4n) is 4.03. The molecule has 1 aliphatic rings. The number of amides is 2. The Kier molecular flexibility index (Phi) is 8.88. The largest absolute Gasteiger partial charge is 0.400 e. The first-order valence-corrected chi connectivity index (χ1v) is 10.9. The summed E-state index contributed by atoms with van der Waals surface area (Å²) in [5, 5.41) is 14.2. The monoisotopic (exact) mass is 453 g/mol. The smallest absolute Gasteiger partial charge is 0.243 e. The third-order valence-electron chi connectivity index (χ3n) is 5.74. The summed E-state index contributed by atoms with van der Waals surface area (Å²) in [7, 11) is 3.19. The van der Waals surface area contributed by atoms with Gasteiger partial charge in [-0.1, -0.05) is 38.6 Å². The number of nitriles is 1. The molecule has 0 bridgehead atoms. The van der Waals surface area contributed by atoms with Crippen molar-refractivity contribution < 1.29 is 9.59 Å². The summed E-state index contributed by atoms with van der Waals surface area (Å²) in [5.74, 6) is 4.32. The molecule has 0 radical (unpaired) electrons. The second-order valence-corrected chi connectivity index (χ2v) is 8.85. The van der Waals surface area contributed by atoms with Gasteiger partial charge >= 0.3 is 0 Å². The Bertz CT molecular complexity index is 920. The molecule has 0 aliphatic carbocycles. The van der Waals surface area contributed by atoms with Gasteiger partial charge in [-0.2, -0.15) is 5.26 Å². The Morgan fingerprint density at radius 3 is 2.52 bits per heavy atom. The maximum Gasteiger partial charge on any atom is 0.243 e. The fraction of sp³-hybridized carbons (Fsp3) is 0.458. The summed E-state index contributed by atoms with van der Waals surface area (Å²) in [6, 6.07) is 11.3. The number of likely N-dealkylation sites (N-methyl/N-ethyl adjacent to an activating group) is 1. The molecule has 2 amide bonds. The number of hydrogen-bond donors (Lipinski definition) is 3. The van der Waals surface area contributed by atoms with Crippen molar-refractivity contribution in [1.82, 2.24) is 14.8 Å². The highest BCUT2D eigenvalue weighted by molar-refractivity contribution is 5.87. The van der Waals surface area contributed by atoms with Gasteiger partial charge in [-0.15, -0.1) is 0 Å². The van der Waals surface area contributed by atoms with Crippen LogP contribution in [0, 0.1) is 29.1 Å². The zero-order chi connectivity index (χ0) is 24.7. The average Bonchev–Trinajstić information content (AvgIpc) is 3.18. The molecule has 9 heteroatoms. The van der Waals surface area contributed by atoms with Gasteiger partial charge in [0.25, 0.3) is 0 Å². The van der Waals surface area contributed by atoms with Crippen LogP contribution >= 0.6 is 0 Å². The lowest BCUT2D eigenvalue weighted by molar-refractivity contribution is -0.141. The maximum absolute atomic E-state index is 13.1. The second kappa shape index (κ2) is 11.4. The minimum absolute atomic E-state index is 0.0677. The third-order valence-corrected chi connectivity index (χ3v) is 5.74. The van der Waals surface area contributed by atoms with Crippen LogP contribution in [-0.2, 0) is 9.59 Å². The number of carbonyl (C=O) groups excluding carboxylic acids is 2. The number of nitrogens with one attached hydrogen (secondary N) is 1. The standard InChI is InChI=1S/C24H35N7O2/c1-16(2)23(21(26)14-30(5)27)24(33)29(4)15-22(32)31-13-18(11-20(31)12-25)17(3)28-19-9-7-6-8-10-19/h6-10,14,16,18,20,23,28H,3,11,13,15,26-27H2,1-2,4-5H3/b21-14-. The number of hydrogen-bond acceptors (Lipinski definition) is 7. The van der Waals surface area contributed by atoms with Crippen molar-refractivity contribution in [2.24, 2.45) is 29.3 Å². The first-order chi connectivity index (χ1) is 15.5. The SMILES string of the molecule is C=C(Nc1ccccc1)C1CC(C#N)N(C(=O)CN(C)C(=O)C(/C(N)=C/N(C)N)C(C)C)C1. The van der Waals surface area contributed by atoms with Crippen LogP contribution in [0.15, 0.2) is 54.5 Å². The summed E-state index contributed by atoms with van der Waals surface area (Å²) >= 11 is 0. The van der Waals surface area contributed by atoms with E-state index in [1.54, 1.807) is 14.1 Å². The van der Waals surface area contributed by atoms with Crippen molar-refractivity contribution in [2.45, 2.75) is 26.3 Å². The molecule has 1 aliphatic heterocycles. The number of carbonyl (C=O) groups is 2. The highest BCUT2D eigenvalue weighted by Crippen LogP contribution is 2.29. The van der Waals surface area contributed by atoms with Crippen molar-refractivity contribution in [3.05, 3.63) is 54.5 Å². The van der Waals surface area contributed by atoms with E-state index < -0.39 is 12.0 Å². The molecule has 1 saturated heterocycles. The lowest BCUT2D eigenvalue weighted by Crippen LogP contribution is -2.46. The zero-order valence-corrected chi connectivity index (χ0v) is 19.9. The van der Waals surface area contributed by atoms with Crippen molar-refractivity contribution in [3.63, 3.8) is 0 Å². The maximum atomic E-state index is 13.1. The van der Waals surface area contributed by atoms with E-state index in [-0.39, 0.29) is 30.2 Å². The molecule has 1 aromatic carbocycles. The Labute approximate surface area is 196 Å². The van der Waals surface area contributed by atoms with Gasteiger partial charge in [0.2, 0.25) is 11.8 Å². The molecule has 0 spiro atoms. The van der Waals surface area contributed by atoms with Gasteiger partial charge < -0.3 is 25.9 Å². The molecule has 178 valence electrons. The van der Waals surface area contributed by atoms with Gasteiger partial charge in [0.15, 0.2) is 0 Å². The summed E-state index contributed by atoms with van der Waals surface area (Å²) in [6.07, 6.45) is 1.99. The van der Waals surface area contributed by atoms with E-state index in [4.69, 9.17) is 11.6 Å². The molecule has 0 aromatic heterocycles. The highest BCUT2D eigenvalue weighted by atomic mass is 16.2. The summed E-state index contributed by atoms with van der Waals surface area (Å²) in [6.45, 7) is 8.11. The molecule has 2 rings (SSSR count). The minimum atomic E-state index is -0.609. The molecule has 0 saturated carbocycles. The van der Waals surface area contributed by atoms with E-state index in [2.05, 4.69) is 18.0 Å². The second-order valence-electron chi connectivity index (χ2n) is 8.85. The highest BCUT2D eigenvalue weighted by Gasteiger charge is 2.38. The van der Waals surface area contributed by atoms with Gasteiger partial charge in [-0.3, -0.25) is 9.59 Å². The van der Waals surface area contributed by atoms with E-state index >= 15 is 0 Å². The average molecular weight is 454 g/mol. The van der Waals surface area contributed by atoms with Crippen LogP contribution in [0.1, 0.15) is 20.3 Å². The molecular weight excluding hydrogens is 418 g/mol.